The van der Waals surface area contributed by atoms with Crippen molar-refractivity contribution in [1.29, 1.82) is 0 Å². The van der Waals surface area contributed by atoms with Crippen LogP contribution < -0.4 is 0 Å². The highest BCUT2D eigenvalue weighted by molar-refractivity contribution is 5.48. The molecule has 0 heterocycles. The second kappa shape index (κ2) is 7.93. The Morgan fingerprint density at radius 3 is 2.21 bits per heavy atom. The minimum atomic E-state index is 0.597. The van der Waals surface area contributed by atoms with E-state index in [1.54, 1.807) is 6.26 Å². The molecule has 0 aliphatic heterocycles. The molecule has 0 fully saturated rings. The highest BCUT2D eigenvalue weighted by Gasteiger charge is 1.85. The predicted octanol–water partition coefficient (Wildman–Crippen LogP) is 4.47. The Morgan fingerprint density at radius 2 is 1.47 bits per heavy atom. The van der Waals surface area contributed by atoms with Gasteiger partial charge in [0.2, 0.25) is 0 Å². The first-order valence-corrected chi connectivity index (χ1v) is 6.47. The fourth-order valence-corrected chi connectivity index (χ4v) is 1.73. The summed E-state index contributed by atoms with van der Waals surface area (Å²) in [6.07, 6.45) is 8.78. The first kappa shape index (κ1) is 13.2. The molecule has 0 bridgehead atoms. The molecule has 0 saturated heterocycles. The SMILES string of the molecule is C(=C\c1ccccc1)/CO/C=C/Cc1ccccc1. The van der Waals surface area contributed by atoms with E-state index < -0.39 is 0 Å². The molecular weight excluding hydrogens is 232 g/mol. The third-order valence-electron chi connectivity index (χ3n) is 2.69. The van der Waals surface area contributed by atoms with Gasteiger partial charge in [-0.3, -0.25) is 0 Å². The van der Waals surface area contributed by atoms with Gasteiger partial charge in [0, 0.05) is 0 Å². The fourth-order valence-electron chi connectivity index (χ4n) is 1.73. The number of hydrogen-bond donors (Lipinski definition) is 0. The maximum atomic E-state index is 5.41. The van der Waals surface area contributed by atoms with Gasteiger partial charge in [-0.15, -0.1) is 0 Å². The van der Waals surface area contributed by atoms with Gasteiger partial charge >= 0.3 is 0 Å². The minimum Gasteiger partial charge on any atom is -0.497 e. The van der Waals surface area contributed by atoms with Crippen LogP contribution in [-0.4, -0.2) is 6.61 Å². The van der Waals surface area contributed by atoms with Crippen molar-refractivity contribution in [3.8, 4) is 0 Å². The molecule has 0 aliphatic rings. The van der Waals surface area contributed by atoms with Crippen LogP contribution in [0.2, 0.25) is 0 Å². The molecule has 0 radical (unpaired) electrons. The zero-order chi connectivity index (χ0) is 13.2. The molecule has 96 valence electrons. The van der Waals surface area contributed by atoms with Crippen LogP contribution in [-0.2, 0) is 11.2 Å². The van der Waals surface area contributed by atoms with Crippen LogP contribution in [0.3, 0.4) is 0 Å². The Kier molecular flexibility index (Phi) is 5.49. The second-order valence-electron chi connectivity index (χ2n) is 4.21. The lowest BCUT2D eigenvalue weighted by Crippen LogP contribution is -1.83. The highest BCUT2D eigenvalue weighted by Crippen LogP contribution is 2.01. The van der Waals surface area contributed by atoms with E-state index >= 15 is 0 Å². The van der Waals surface area contributed by atoms with Crippen molar-refractivity contribution in [3.63, 3.8) is 0 Å². The zero-order valence-corrected chi connectivity index (χ0v) is 10.9. The van der Waals surface area contributed by atoms with Crippen LogP contribution in [0.25, 0.3) is 6.08 Å². The third-order valence-corrected chi connectivity index (χ3v) is 2.69. The van der Waals surface area contributed by atoms with E-state index in [1.807, 2.05) is 48.6 Å². The van der Waals surface area contributed by atoms with Gasteiger partial charge in [0.15, 0.2) is 0 Å². The van der Waals surface area contributed by atoms with E-state index in [0.717, 1.165) is 6.42 Å². The van der Waals surface area contributed by atoms with Crippen LogP contribution in [0.15, 0.2) is 79.1 Å². The van der Waals surface area contributed by atoms with E-state index in [4.69, 9.17) is 4.74 Å². The summed E-state index contributed by atoms with van der Waals surface area (Å²) in [4.78, 5) is 0. The maximum Gasteiger partial charge on any atom is 0.106 e. The summed E-state index contributed by atoms with van der Waals surface area (Å²) in [5, 5.41) is 0. The van der Waals surface area contributed by atoms with E-state index in [-0.39, 0.29) is 0 Å². The minimum absolute atomic E-state index is 0.597. The van der Waals surface area contributed by atoms with Gasteiger partial charge in [0.25, 0.3) is 0 Å². The van der Waals surface area contributed by atoms with E-state index in [9.17, 15) is 0 Å². The van der Waals surface area contributed by atoms with E-state index in [2.05, 4.69) is 30.3 Å². The Hall–Kier alpha value is -2.28. The van der Waals surface area contributed by atoms with Gasteiger partial charge in [-0.25, -0.2) is 0 Å². The summed E-state index contributed by atoms with van der Waals surface area (Å²) in [7, 11) is 0. The Bertz CT molecular complexity index is 512. The highest BCUT2D eigenvalue weighted by atomic mass is 16.5. The molecule has 2 aromatic carbocycles. The molecule has 2 aromatic rings. The molecule has 0 atom stereocenters. The first-order valence-electron chi connectivity index (χ1n) is 6.47. The van der Waals surface area contributed by atoms with Crippen molar-refractivity contribution >= 4 is 6.08 Å². The lowest BCUT2D eigenvalue weighted by molar-refractivity contribution is 0.289. The molecule has 0 unspecified atom stereocenters. The van der Waals surface area contributed by atoms with Crippen molar-refractivity contribution in [1.82, 2.24) is 0 Å². The molecule has 0 saturated carbocycles. The second-order valence-corrected chi connectivity index (χ2v) is 4.21. The van der Waals surface area contributed by atoms with Crippen molar-refractivity contribution in [3.05, 3.63) is 90.2 Å². The van der Waals surface area contributed by atoms with Crippen molar-refractivity contribution in [2.24, 2.45) is 0 Å². The average molecular weight is 250 g/mol. The Balaban J connectivity index is 1.66. The summed E-state index contributed by atoms with van der Waals surface area (Å²) in [6.45, 7) is 0.597. The first-order chi connectivity index (χ1) is 9.45. The van der Waals surface area contributed by atoms with Gasteiger partial charge < -0.3 is 4.74 Å². The average Bonchev–Trinajstić information content (AvgIpc) is 2.48. The van der Waals surface area contributed by atoms with Crippen LogP contribution in [0, 0.1) is 0 Å². The number of allylic oxidation sites excluding steroid dienone is 1. The van der Waals surface area contributed by atoms with Gasteiger partial charge in [-0.1, -0.05) is 66.7 Å². The molecule has 2 rings (SSSR count). The van der Waals surface area contributed by atoms with Gasteiger partial charge in [0.1, 0.15) is 6.61 Å². The van der Waals surface area contributed by atoms with Gasteiger partial charge in [-0.05, 0) is 29.7 Å². The third kappa shape index (κ3) is 5.26. The number of hydrogen-bond acceptors (Lipinski definition) is 1. The van der Waals surface area contributed by atoms with Gasteiger partial charge in [-0.2, -0.15) is 0 Å². The number of ether oxygens (including phenoxy) is 1. The van der Waals surface area contributed by atoms with Gasteiger partial charge in [0.05, 0.1) is 6.26 Å². The normalized spacial score (nSPS) is 11.2. The number of rotatable bonds is 6. The standard InChI is InChI=1S/C18H18O/c1-3-9-17(10-4-1)13-7-15-19-16-8-14-18-11-5-2-6-12-18/h1-13,16H,14-15H2/b13-7+,16-8+. The monoisotopic (exact) mass is 250 g/mol. The molecular formula is C18H18O. The predicted molar refractivity (Wildman–Crippen MR) is 80.7 cm³/mol. The molecule has 0 aromatic heterocycles. The molecule has 1 heteroatoms. The maximum absolute atomic E-state index is 5.41. The van der Waals surface area contributed by atoms with Crippen molar-refractivity contribution in [2.45, 2.75) is 6.42 Å². The quantitative estimate of drug-likeness (QED) is 0.543. The van der Waals surface area contributed by atoms with Crippen molar-refractivity contribution in [2.75, 3.05) is 6.61 Å². The summed E-state index contributed by atoms with van der Waals surface area (Å²) in [5.74, 6) is 0. The van der Waals surface area contributed by atoms with E-state index in [1.165, 1.54) is 11.1 Å². The molecule has 0 spiro atoms. The molecule has 0 amide bonds. The Labute approximate surface area is 114 Å². The van der Waals surface area contributed by atoms with Crippen LogP contribution in [0.1, 0.15) is 11.1 Å². The lowest BCUT2D eigenvalue weighted by atomic mass is 10.2. The summed E-state index contributed by atoms with van der Waals surface area (Å²) in [5.41, 5.74) is 2.49. The fraction of sp³-hybridized carbons (Fsp3) is 0.111. The Morgan fingerprint density at radius 1 is 0.789 bits per heavy atom. The van der Waals surface area contributed by atoms with E-state index in [0.29, 0.717) is 6.61 Å². The zero-order valence-electron chi connectivity index (χ0n) is 10.9. The molecule has 19 heavy (non-hydrogen) atoms. The summed E-state index contributed by atoms with van der Waals surface area (Å²) >= 11 is 0. The number of benzene rings is 2. The molecule has 1 nitrogen and oxygen atoms in total. The smallest absolute Gasteiger partial charge is 0.106 e. The summed E-state index contributed by atoms with van der Waals surface area (Å²) in [6, 6.07) is 20.6. The van der Waals surface area contributed by atoms with Crippen LogP contribution in [0.5, 0.6) is 0 Å². The van der Waals surface area contributed by atoms with Crippen LogP contribution in [0.4, 0.5) is 0 Å². The molecule has 0 N–H and O–H groups in total. The lowest BCUT2D eigenvalue weighted by Gasteiger charge is -1.96. The van der Waals surface area contributed by atoms with Crippen LogP contribution >= 0.6 is 0 Å². The largest absolute Gasteiger partial charge is 0.497 e. The molecule has 0 aliphatic carbocycles. The topological polar surface area (TPSA) is 9.23 Å². The van der Waals surface area contributed by atoms with Crippen molar-refractivity contribution < 1.29 is 4.74 Å². The summed E-state index contributed by atoms with van der Waals surface area (Å²) < 4.78 is 5.41.